The number of aromatic nitrogens is 1. The number of hydrogen-bond donors (Lipinski definition) is 2. The van der Waals surface area contributed by atoms with Gasteiger partial charge in [0.15, 0.2) is 0 Å². The highest BCUT2D eigenvalue weighted by Gasteiger charge is 2.01. The van der Waals surface area contributed by atoms with Crippen LogP contribution in [-0.4, -0.2) is 22.7 Å². The van der Waals surface area contributed by atoms with Crippen LogP contribution < -0.4 is 5.32 Å². The highest BCUT2D eigenvalue weighted by molar-refractivity contribution is 5.42. The molecule has 0 aliphatic heterocycles. The summed E-state index contributed by atoms with van der Waals surface area (Å²) in [7, 11) is 0. The van der Waals surface area contributed by atoms with Crippen LogP contribution in [0.4, 0.5) is 5.82 Å². The maximum atomic E-state index is 9.04. The molecule has 4 heteroatoms. The molecule has 0 saturated heterocycles. The van der Waals surface area contributed by atoms with Gasteiger partial charge in [0, 0.05) is 6.54 Å². The van der Waals surface area contributed by atoms with Crippen molar-refractivity contribution in [2.24, 2.45) is 0 Å². The Bertz CT molecular complexity index is 355. The van der Waals surface area contributed by atoms with Gasteiger partial charge in [-0.2, -0.15) is 5.26 Å². The average Bonchev–Trinajstić information content (AvgIpc) is 2.16. The molecule has 0 unspecified atom stereocenters. The summed E-state index contributed by atoms with van der Waals surface area (Å²) in [4.78, 5) is 4.08. The second-order valence-corrected chi connectivity index (χ2v) is 3.20. The number of rotatable bonds is 3. The number of aliphatic hydroxyl groups is 1. The highest BCUT2D eigenvalue weighted by Crippen LogP contribution is 2.08. The first-order valence-electron chi connectivity index (χ1n) is 4.43. The number of nitrogens with zero attached hydrogens (tertiary/aromatic N) is 2. The molecule has 0 radical (unpaired) electrons. The van der Waals surface area contributed by atoms with Gasteiger partial charge in [0.05, 0.1) is 6.10 Å². The molecule has 14 heavy (non-hydrogen) atoms. The number of pyridine rings is 1. The van der Waals surface area contributed by atoms with Crippen molar-refractivity contribution in [3.63, 3.8) is 0 Å². The van der Waals surface area contributed by atoms with Crippen molar-refractivity contribution < 1.29 is 5.11 Å². The minimum Gasteiger partial charge on any atom is -0.392 e. The van der Waals surface area contributed by atoms with Gasteiger partial charge in [-0.15, -0.1) is 0 Å². The van der Waals surface area contributed by atoms with E-state index in [1.807, 2.05) is 19.1 Å². The van der Waals surface area contributed by atoms with Crippen LogP contribution in [0, 0.1) is 18.3 Å². The van der Waals surface area contributed by atoms with Gasteiger partial charge in [-0.05, 0) is 25.5 Å². The van der Waals surface area contributed by atoms with Gasteiger partial charge >= 0.3 is 0 Å². The summed E-state index contributed by atoms with van der Waals surface area (Å²) in [6.07, 6.45) is -0.427. The maximum absolute atomic E-state index is 9.04. The van der Waals surface area contributed by atoms with Crippen molar-refractivity contribution in [3.05, 3.63) is 23.4 Å². The Labute approximate surface area is 83.2 Å². The molecule has 74 valence electrons. The summed E-state index contributed by atoms with van der Waals surface area (Å²) >= 11 is 0. The Kier molecular flexibility index (Phi) is 3.43. The first kappa shape index (κ1) is 10.5. The Morgan fingerprint density at radius 1 is 1.64 bits per heavy atom. The Morgan fingerprint density at radius 2 is 2.36 bits per heavy atom. The van der Waals surface area contributed by atoms with Crippen LogP contribution in [-0.2, 0) is 0 Å². The second-order valence-electron chi connectivity index (χ2n) is 3.20. The second kappa shape index (κ2) is 4.58. The number of nitriles is 1. The highest BCUT2D eigenvalue weighted by atomic mass is 16.3. The number of aliphatic hydroxyl groups excluding tert-OH is 1. The van der Waals surface area contributed by atoms with Gasteiger partial charge in [-0.3, -0.25) is 0 Å². The summed E-state index contributed by atoms with van der Waals surface area (Å²) in [6.45, 7) is 3.96. The molecule has 0 aromatic carbocycles. The Morgan fingerprint density at radius 3 is 2.93 bits per heavy atom. The zero-order valence-corrected chi connectivity index (χ0v) is 8.28. The molecule has 0 aliphatic carbocycles. The molecule has 1 aromatic heterocycles. The van der Waals surface area contributed by atoms with E-state index in [-0.39, 0.29) is 0 Å². The largest absolute Gasteiger partial charge is 0.392 e. The summed E-state index contributed by atoms with van der Waals surface area (Å²) in [5.74, 6) is 0.619. The lowest BCUT2D eigenvalue weighted by molar-refractivity contribution is 0.208. The molecular weight excluding hydrogens is 178 g/mol. The molecule has 4 nitrogen and oxygen atoms in total. The normalized spacial score (nSPS) is 11.9. The predicted octanol–water partition coefficient (Wildman–Crippen LogP) is 1.05. The molecule has 0 bridgehead atoms. The van der Waals surface area contributed by atoms with Crippen LogP contribution in [0.3, 0.4) is 0 Å². The topological polar surface area (TPSA) is 68.9 Å². The minimum atomic E-state index is -0.427. The Balaban J connectivity index is 2.76. The van der Waals surface area contributed by atoms with Crippen LogP contribution in [0.25, 0.3) is 0 Å². The first-order valence-corrected chi connectivity index (χ1v) is 4.43. The van der Waals surface area contributed by atoms with E-state index in [1.54, 1.807) is 13.0 Å². The lowest BCUT2D eigenvalue weighted by Crippen LogP contribution is -2.16. The van der Waals surface area contributed by atoms with Crippen LogP contribution in [0.1, 0.15) is 18.2 Å². The van der Waals surface area contributed by atoms with Gasteiger partial charge in [0.2, 0.25) is 0 Å². The summed E-state index contributed by atoms with van der Waals surface area (Å²) in [6, 6.07) is 5.63. The van der Waals surface area contributed by atoms with E-state index < -0.39 is 6.10 Å². The smallest absolute Gasteiger partial charge is 0.145 e. The SMILES string of the molecule is Cc1ccc(NC[C@@H](C)O)nc1C#N. The van der Waals surface area contributed by atoms with Gasteiger partial charge in [0.25, 0.3) is 0 Å². The Hall–Kier alpha value is -1.60. The monoisotopic (exact) mass is 191 g/mol. The van der Waals surface area contributed by atoms with E-state index in [1.165, 1.54) is 0 Å². The van der Waals surface area contributed by atoms with E-state index in [4.69, 9.17) is 10.4 Å². The van der Waals surface area contributed by atoms with Crippen molar-refractivity contribution in [1.29, 1.82) is 5.26 Å². The molecule has 0 fully saturated rings. The molecule has 1 heterocycles. The van der Waals surface area contributed by atoms with Crippen LogP contribution in [0.2, 0.25) is 0 Å². The van der Waals surface area contributed by atoms with E-state index >= 15 is 0 Å². The van der Waals surface area contributed by atoms with Crippen LogP contribution >= 0.6 is 0 Å². The third-order valence-electron chi connectivity index (χ3n) is 1.78. The summed E-state index contributed by atoms with van der Waals surface area (Å²) in [5.41, 5.74) is 1.27. The van der Waals surface area contributed by atoms with Gasteiger partial charge < -0.3 is 10.4 Å². The summed E-state index contributed by atoms with van der Waals surface area (Å²) in [5, 5.41) is 20.7. The number of nitrogens with one attached hydrogen (secondary N) is 1. The zero-order chi connectivity index (χ0) is 10.6. The van der Waals surface area contributed by atoms with Crippen molar-refractivity contribution in [2.75, 3.05) is 11.9 Å². The lowest BCUT2D eigenvalue weighted by Gasteiger charge is -2.08. The summed E-state index contributed by atoms with van der Waals surface area (Å²) < 4.78 is 0. The molecule has 2 N–H and O–H groups in total. The van der Waals surface area contributed by atoms with Crippen LogP contribution in [0.15, 0.2) is 12.1 Å². The van der Waals surface area contributed by atoms with E-state index in [9.17, 15) is 0 Å². The number of aryl methyl sites for hydroxylation is 1. The van der Waals surface area contributed by atoms with Gasteiger partial charge in [0.1, 0.15) is 17.6 Å². The van der Waals surface area contributed by atoms with Crippen LogP contribution in [0.5, 0.6) is 0 Å². The molecular formula is C10H13N3O. The third kappa shape index (κ3) is 2.71. The number of hydrogen-bond acceptors (Lipinski definition) is 4. The van der Waals surface area contributed by atoms with Crippen molar-refractivity contribution in [3.8, 4) is 6.07 Å². The maximum Gasteiger partial charge on any atom is 0.145 e. The molecule has 1 aromatic rings. The predicted molar refractivity (Wildman–Crippen MR) is 53.9 cm³/mol. The van der Waals surface area contributed by atoms with Crippen molar-refractivity contribution >= 4 is 5.82 Å². The third-order valence-corrected chi connectivity index (χ3v) is 1.78. The molecule has 0 spiro atoms. The fraction of sp³-hybridized carbons (Fsp3) is 0.400. The van der Waals surface area contributed by atoms with E-state index in [0.717, 1.165) is 5.56 Å². The molecule has 1 atom stereocenters. The van der Waals surface area contributed by atoms with E-state index in [2.05, 4.69) is 10.3 Å². The lowest BCUT2D eigenvalue weighted by atomic mass is 10.2. The quantitative estimate of drug-likeness (QED) is 0.749. The first-order chi connectivity index (χ1) is 6.63. The van der Waals surface area contributed by atoms with Crippen molar-refractivity contribution in [2.45, 2.75) is 20.0 Å². The number of anilines is 1. The standard InChI is InChI=1S/C10H13N3O/c1-7-3-4-10(12-6-8(2)14)13-9(7)5-11/h3-4,8,14H,6H2,1-2H3,(H,12,13)/t8-/m1/s1. The average molecular weight is 191 g/mol. The van der Waals surface area contributed by atoms with Crippen molar-refractivity contribution in [1.82, 2.24) is 4.98 Å². The van der Waals surface area contributed by atoms with Gasteiger partial charge in [-0.1, -0.05) is 6.07 Å². The fourth-order valence-electron chi connectivity index (χ4n) is 0.993. The molecule has 0 aliphatic rings. The molecule has 1 rings (SSSR count). The van der Waals surface area contributed by atoms with E-state index in [0.29, 0.717) is 18.1 Å². The fourth-order valence-corrected chi connectivity index (χ4v) is 0.993. The van der Waals surface area contributed by atoms with Gasteiger partial charge in [-0.25, -0.2) is 4.98 Å². The zero-order valence-electron chi connectivity index (χ0n) is 8.28. The molecule has 0 amide bonds. The minimum absolute atomic E-state index is 0.417. The molecule has 0 saturated carbocycles.